The van der Waals surface area contributed by atoms with Gasteiger partial charge in [0.1, 0.15) is 5.82 Å². The van der Waals surface area contributed by atoms with E-state index in [0.29, 0.717) is 67.5 Å². The molecule has 1 fully saturated rings. The molecular weight excluding hydrogens is 579 g/mol. The van der Waals surface area contributed by atoms with Crippen LogP contribution in [-0.4, -0.2) is 43.0 Å². The van der Waals surface area contributed by atoms with Crippen molar-refractivity contribution in [3.8, 4) is 11.1 Å². The Morgan fingerprint density at radius 2 is 1.77 bits per heavy atom. The van der Waals surface area contributed by atoms with E-state index in [-0.39, 0.29) is 17.8 Å². The molecule has 1 atom stereocenters. The van der Waals surface area contributed by atoms with E-state index in [1.54, 1.807) is 29.2 Å². The number of hydrogen-bond acceptors (Lipinski definition) is 6. The predicted octanol–water partition coefficient (Wildman–Crippen LogP) is 5.96. The monoisotopic (exact) mass is 615 g/mol. The first kappa shape index (κ1) is 32.4. The number of halogens is 4. The highest BCUT2D eigenvalue weighted by atomic mass is 35.5. The third-order valence-electron chi connectivity index (χ3n) is 7.71. The number of pyridine rings is 1. The molecule has 2 aromatic carbocycles. The summed E-state index contributed by atoms with van der Waals surface area (Å²) < 4.78 is 42.1. The Bertz CT molecular complexity index is 1360. The molecule has 2 heterocycles. The molecule has 0 bridgehead atoms. The molecule has 230 valence electrons. The molecule has 1 unspecified atom stereocenters. The van der Waals surface area contributed by atoms with Gasteiger partial charge in [-0.3, -0.25) is 14.9 Å². The number of carbonyl (C=O) groups excluding carboxylic acids is 2. The van der Waals surface area contributed by atoms with Crippen LogP contribution in [0.4, 0.5) is 19.0 Å². The maximum Gasteiger partial charge on any atom is 0.419 e. The van der Waals surface area contributed by atoms with Gasteiger partial charge < -0.3 is 15.5 Å². The van der Waals surface area contributed by atoms with E-state index in [9.17, 15) is 22.8 Å². The van der Waals surface area contributed by atoms with Gasteiger partial charge in [0, 0.05) is 55.4 Å². The van der Waals surface area contributed by atoms with Gasteiger partial charge in [-0.15, -0.1) is 0 Å². The van der Waals surface area contributed by atoms with E-state index in [1.165, 1.54) is 12.3 Å². The Hall–Kier alpha value is -3.47. The molecule has 0 radical (unpaired) electrons. The van der Waals surface area contributed by atoms with Gasteiger partial charge in [0.25, 0.3) is 0 Å². The largest absolute Gasteiger partial charge is 0.419 e. The molecule has 1 aliphatic rings. The van der Waals surface area contributed by atoms with Crippen molar-refractivity contribution in [3.63, 3.8) is 0 Å². The van der Waals surface area contributed by atoms with Crippen molar-refractivity contribution in [2.24, 2.45) is 5.92 Å². The van der Waals surface area contributed by atoms with Gasteiger partial charge in [0.15, 0.2) is 0 Å². The molecule has 3 N–H and O–H groups in total. The van der Waals surface area contributed by atoms with Crippen molar-refractivity contribution in [2.45, 2.75) is 57.9 Å². The second-order valence-corrected chi connectivity index (χ2v) is 11.4. The number of benzene rings is 2. The summed E-state index contributed by atoms with van der Waals surface area (Å²) in [5.74, 6) is 0.0748. The van der Waals surface area contributed by atoms with Gasteiger partial charge in [-0.1, -0.05) is 48.0 Å². The number of piperidine rings is 1. The van der Waals surface area contributed by atoms with Crippen LogP contribution < -0.4 is 20.9 Å². The van der Waals surface area contributed by atoms with Crippen LogP contribution in [0.3, 0.4) is 0 Å². The number of amides is 2. The van der Waals surface area contributed by atoms with Crippen LogP contribution in [0.1, 0.15) is 49.3 Å². The molecule has 1 aromatic heterocycles. The van der Waals surface area contributed by atoms with Crippen LogP contribution in [0.25, 0.3) is 11.1 Å². The molecular formula is C32H37ClF3N5O2. The Morgan fingerprint density at radius 3 is 2.42 bits per heavy atom. The minimum atomic E-state index is -4.52. The highest BCUT2D eigenvalue weighted by Crippen LogP contribution is 2.39. The second kappa shape index (κ2) is 15.3. The van der Waals surface area contributed by atoms with Crippen molar-refractivity contribution in [3.05, 3.63) is 82.5 Å². The van der Waals surface area contributed by atoms with Gasteiger partial charge >= 0.3 is 6.18 Å². The number of aromatic nitrogens is 1. The maximum atomic E-state index is 14.0. The molecule has 1 aliphatic heterocycles. The van der Waals surface area contributed by atoms with Crippen molar-refractivity contribution in [1.82, 2.24) is 20.9 Å². The number of hydrogen-bond donors (Lipinski definition) is 3. The van der Waals surface area contributed by atoms with Gasteiger partial charge in [0.05, 0.1) is 5.56 Å². The number of alkyl halides is 3. The molecule has 43 heavy (non-hydrogen) atoms. The lowest BCUT2D eigenvalue weighted by Crippen LogP contribution is -2.38. The van der Waals surface area contributed by atoms with Crippen LogP contribution in [0.2, 0.25) is 5.02 Å². The van der Waals surface area contributed by atoms with Crippen molar-refractivity contribution in [1.29, 1.82) is 0 Å². The lowest BCUT2D eigenvalue weighted by Gasteiger charge is -2.34. The van der Waals surface area contributed by atoms with E-state index in [4.69, 9.17) is 11.6 Å². The standard InChI is InChI=1S/C32H37ClF3N5O2/c1-22(5-10-30(43)40-21-42)38-19-24-8-6-23(7-9-24)17-37-18-25-11-13-41(14-12-25)31-29(32(34,35)36)16-27(20-39-31)26-3-2-4-28(33)15-26/h2-4,6-9,15-16,20-22,25,37-38H,5,10-14,17-19H2,1H3,(H,40,42,43). The molecule has 0 saturated carbocycles. The van der Waals surface area contributed by atoms with Crippen molar-refractivity contribution >= 4 is 29.7 Å². The van der Waals surface area contributed by atoms with Crippen LogP contribution in [-0.2, 0) is 28.9 Å². The third kappa shape index (κ3) is 9.77. The minimum absolute atomic E-state index is 0.0166. The fourth-order valence-corrected chi connectivity index (χ4v) is 5.36. The number of rotatable bonds is 13. The minimum Gasteiger partial charge on any atom is -0.356 e. The first-order valence-corrected chi connectivity index (χ1v) is 14.8. The zero-order valence-electron chi connectivity index (χ0n) is 24.1. The number of anilines is 1. The molecule has 4 rings (SSSR count). The summed E-state index contributed by atoms with van der Waals surface area (Å²) in [5, 5.41) is 9.48. The average Bonchev–Trinajstić information content (AvgIpc) is 2.99. The summed E-state index contributed by atoms with van der Waals surface area (Å²) in [6.07, 6.45) is -0.142. The van der Waals surface area contributed by atoms with Crippen LogP contribution in [0.15, 0.2) is 60.8 Å². The Balaban J connectivity index is 1.22. The van der Waals surface area contributed by atoms with Crippen LogP contribution >= 0.6 is 11.6 Å². The Morgan fingerprint density at radius 1 is 1.07 bits per heavy atom. The van der Waals surface area contributed by atoms with E-state index in [2.05, 4.69) is 45.2 Å². The molecule has 0 spiro atoms. The molecule has 3 aromatic rings. The van der Waals surface area contributed by atoms with Crippen molar-refractivity contribution in [2.75, 3.05) is 24.5 Å². The topological polar surface area (TPSA) is 86.4 Å². The van der Waals surface area contributed by atoms with Gasteiger partial charge in [0.2, 0.25) is 12.3 Å². The molecule has 0 aliphatic carbocycles. The van der Waals surface area contributed by atoms with Crippen LogP contribution in [0.5, 0.6) is 0 Å². The normalized spacial score (nSPS) is 14.9. The van der Waals surface area contributed by atoms with Gasteiger partial charge in [-0.25, -0.2) is 4.98 Å². The summed E-state index contributed by atoms with van der Waals surface area (Å²) in [5.41, 5.74) is 2.54. The Labute approximate surface area is 255 Å². The second-order valence-electron chi connectivity index (χ2n) is 11.0. The van der Waals surface area contributed by atoms with E-state index < -0.39 is 11.7 Å². The first-order chi connectivity index (χ1) is 20.6. The Kier molecular flexibility index (Phi) is 11.6. The van der Waals surface area contributed by atoms with Gasteiger partial charge in [-0.2, -0.15) is 13.2 Å². The van der Waals surface area contributed by atoms with E-state index >= 15 is 0 Å². The van der Waals surface area contributed by atoms with Crippen molar-refractivity contribution < 1.29 is 22.8 Å². The van der Waals surface area contributed by atoms with Gasteiger partial charge in [-0.05, 0) is 73.5 Å². The van der Waals surface area contributed by atoms with Crippen LogP contribution in [0, 0.1) is 5.92 Å². The highest BCUT2D eigenvalue weighted by molar-refractivity contribution is 6.30. The summed E-state index contributed by atoms with van der Waals surface area (Å²) in [7, 11) is 0. The molecule has 1 saturated heterocycles. The SMILES string of the molecule is CC(CCC(=O)NC=O)NCc1ccc(CNCC2CCN(c3ncc(-c4cccc(Cl)c4)cc3C(F)(F)F)CC2)cc1. The summed E-state index contributed by atoms with van der Waals surface area (Å²) in [6.45, 7) is 5.21. The lowest BCUT2D eigenvalue weighted by molar-refractivity contribution is -0.137. The fraction of sp³-hybridized carbons (Fsp3) is 0.406. The number of nitrogens with one attached hydrogen (secondary N) is 3. The quantitative estimate of drug-likeness (QED) is 0.206. The number of carbonyl (C=O) groups is 2. The summed E-state index contributed by atoms with van der Waals surface area (Å²) >= 11 is 6.04. The maximum absolute atomic E-state index is 14.0. The summed E-state index contributed by atoms with van der Waals surface area (Å²) in [6, 6.07) is 16.3. The van der Waals surface area contributed by atoms with E-state index in [0.717, 1.165) is 30.5 Å². The predicted molar refractivity (Wildman–Crippen MR) is 163 cm³/mol. The number of imide groups is 1. The fourth-order valence-electron chi connectivity index (χ4n) is 5.17. The highest BCUT2D eigenvalue weighted by Gasteiger charge is 2.37. The zero-order valence-corrected chi connectivity index (χ0v) is 24.8. The lowest BCUT2D eigenvalue weighted by atomic mass is 9.96. The average molecular weight is 616 g/mol. The molecule has 2 amide bonds. The molecule has 11 heteroatoms. The molecule has 7 nitrogen and oxygen atoms in total. The smallest absolute Gasteiger partial charge is 0.356 e. The third-order valence-corrected chi connectivity index (χ3v) is 7.94. The van der Waals surface area contributed by atoms with E-state index in [1.807, 2.05) is 6.92 Å². The summed E-state index contributed by atoms with van der Waals surface area (Å²) in [4.78, 5) is 27.7. The number of nitrogens with zero attached hydrogens (tertiary/aromatic N) is 2. The first-order valence-electron chi connectivity index (χ1n) is 14.5. The zero-order chi connectivity index (χ0) is 30.8.